The van der Waals surface area contributed by atoms with Gasteiger partial charge in [-0.2, -0.15) is 4.39 Å². The SMILES string of the molecule is CC(CCNC(=O)c1cc(F)c([N+](=O)[O-])cc1F)C(=O)O. The normalized spacial score (nSPS) is 11.8. The molecule has 0 spiro atoms. The third kappa shape index (κ3) is 4.20. The van der Waals surface area contributed by atoms with Gasteiger partial charge < -0.3 is 10.4 Å². The van der Waals surface area contributed by atoms with Crippen molar-refractivity contribution in [2.24, 2.45) is 5.92 Å². The molecule has 9 heteroatoms. The highest BCUT2D eigenvalue weighted by Crippen LogP contribution is 2.21. The molecular weight excluding hydrogens is 290 g/mol. The molecule has 0 fully saturated rings. The third-order valence-corrected chi connectivity index (χ3v) is 2.76. The lowest BCUT2D eigenvalue weighted by atomic mass is 10.1. The zero-order valence-corrected chi connectivity index (χ0v) is 10.9. The van der Waals surface area contributed by atoms with Gasteiger partial charge in [0.1, 0.15) is 5.82 Å². The van der Waals surface area contributed by atoms with E-state index in [2.05, 4.69) is 5.32 Å². The smallest absolute Gasteiger partial charge is 0.307 e. The van der Waals surface area contributed by atoms with Crippen LogP contribution in [-0.2, 0) is 4.79 Å². The van der Waals surface area contributed by atoms with Crippen molar-refractivity contribution in [2.45, 2.75) is 13.3 Å². The van der Waals surface area contributed by atoms with Crippen molar-refractivity contribution in [3.63, 3.8) is 0 Å². The van der Waals surface area contributed by atoms with Gasteiger partial charge in [-0.25, -0.2) is 4.39 Å². The lowest BCUT2D eigenvalue weighted by Gasteiger charge is -2.08. The van der Waals surface area contributed by atoms with Crippen molar-refractivity contribution in [3.05, 3.63) is 39.4 Å². The molecular formula is C12H12F2N2O5. The summed E-state index contributed by atoms with van der Waals surface area (Å²) in [5, 5.41) is 21.3. The van der Waals surface area contributed by atoms with E-state index in [9.17, 15) is 28.5 Å². The zero-order chi connectivity index (χ0) is 16.2. The first-order chi connectivity index (χ1) is 9.73. The molecule has 2 N–H and O–H groups in total. The van der Waals surface area contributed by atoms with Crippen LogP contribution in [0.4, 0.5) is 14.5 Å². The van der Waals surface area contributed by atoms with Gasteiger partial charge in [0.25, 0.3) is 5.91 Å². The van der Waals surface area contributed by atoms with Crippen LogP contribution in [0.15, 0.2) is 12.1 Å². The van der Waals surface area contributed by atoms with Crippen molar-refractivity contribution in [1.82, 2.24) is 5.32 Å². The monoisotopic (exact) mass is 302 g/mol. The number of hydrogen-bond acceptors (Lipinski definition) is 4. The van der Waals surface area contributed by atoms with Crippen LogP contribution in [0.5, 0.6) is 0 Å². The Morgan fingerprint density at radius 1 is 1.38 bits per heavy atom. The van der Waals surface area contributed by atoms with Gasteiger partial charge in [-0.05, 0) is 12.5 Å². The minimum Gasteiger partial charge on any atom is -0.481 e. The van der Waals surface area contributed by atoms with Gasteiger partial charge in [-0.15, -0.1) is 0 Å². The van der Waals surface area contributed by atoms with E-state index in [1.165, 1.54) is 6.92 Å². The molecule has 0 aliphatic heterocycles. The lowest BCUT2D eigenvalue weighted by molar-refractivity contribution is -0.387. The summed E-state index contributed by atoms with van der Waals surface area (Å²) >= 11 is 0. The molecule has 0 saturated heterocycles. The van der Waals surface area contributed by atoms with Gasteiger partial charge in [0.15, 0.2) is 0 Å². The number of carboxylic acid groups (broad SMARTS) is 1. The van der Waals surface area contributed by atoms with Crippen LogP contribution in [0.1, 0.15) is 23.7 Å². The number of benzene rings is 1. The first kappa shape index (κ1) is 16.5. The van der Waals surface area contributed by atoms with E-state index in [0.717, 1.165) is 0 Å². The summed E-state index contributed by atoms with van der Waals surface area (Å²) < 4.78 is 26.9. The highest BCUT2D eigenvalue weighted by atomic mass is 19.1. The number of carbonyl (C=O) groups is 2. The van der Waals surface area contributed by atoms with Gasteiger partial charge in [0.2, 0.25) is 5.82 Å². The number of hydrogen-bond donors (Lipinski definition) is 2. The second-order valence-electron chi connectivity index (χ2n) is 4.32. The first-order valence-corrected chi connectivity index (χ1v) is 5.88. The van der Waals surface area contributed by atoms with Crippen molar-refractivity contribution in [3.8, 4) is 0 Å². The topological polar surface area (TPSA) is 110 Å². The summed E-state index contributed by atoms with van der Waals surface area (Å²) in [4.78, 5) is 31.5. The molecule has 0 radical (unpaired) electrons. The fourth-order valence-electron chi connectivity index (χ4n) is 1.47. The van der Waals surface area contributed by atoms with Gasteiger partial charge >= 0.3 is 11.7 Å². The number of carboxylic acids is 1. The van der Waals surface area contributed by atoms with Crippen LogP contribution in [0.3, 0.4) is 0 Å². The number of rotatable bonds is 6. The number of aliphatic carboxylic acids is 1. The van der Waals surface area contributed by atoms with Crippen molar-refractivity contribution < 1.29 is 28.4 Å². The maximum Gasteiger partial charge on any atom is 0.307 e. The number of nitrogens with one attached hydrogen (secondary N) is 1. The number of nitro groups is 1. The second-order valence-corrected chi connectivity index (χ2v) is 4.32. The number of nitrogens with zero attached hydrogens (tertiary/aromatic N) is 1. The predicted molar refractivity (Wildman–Crippen MR) is 66.8 cm³/mol. The Labute approximate surface area is 117 Å². The van der Waals surface area contributed by atoms with Crippen LogP contribution >= 0.6 is 0 Å². The molecule has 1 rings (SSSR count). The predicted octanol–water partition coefficient (Wildman–Crippen LogP) is 1.71. The maximum absolute atomic E-state index is 13.5. The molecule has 1 aromatic carbocycles. The van der Waals surface area contributed by atoms with E-state index in [0.29, 0.717) is 12.1 Å². The molecule has 0 aliphatic rings. The fraction of sp³-hybridized carbons (Fsp3) is 0.333. The molecule has 114 valence electrons. The first-order valence-electron chi connectivity index (χ1n) is 5.88. The number of halogens is 2. The fourth-order valence-corrected chi connectivity index (χ4v) is 1.47. The largest absolute Gasteiger partial charge is 0.481 e. The van der Waals surface area contributed by atoms with Crippen molar-refractivity contribution in [2.75, 3.05) is 6.54 Å². The van der Waals surface area contributed by atoms with E-state index in [4.69, 9.17) is 5.11 Å². The van der Waals surface area contributed by atoms with Crippen LogP contribution in [0, 0.1) is 27.7 Å². The average molecular weight is 302 g/mol. The number of nitro benzene ring substituents is 1. The summed E-state index contributed by atoms with van der Waals surface area (Å²) in [5.74, 6) is -5.28. The Morgan fingerprint density at radius 3 is 2.52 bits per heavy atom. The minimum absolute atomic E-state index is 0.0512. The average Bonchev–Trinajstić information content (AvgIpc) is 2.40. The molecule has 7 nitrogen and oxygen atoms in total. The zero-order valence-electron chi connectivity index (χ0n) is 10.9. The molecule has 0 bridgehead atoms. The summed E-state index contributed by atoms with van der Waals surface area (Å²) in [6.45, 7) is 1.38. The van der Waals surface area contributed by atoms with Gasteiger partial charge in [-0.1, -0.05) is 6.92 Å². The standard InChI is InChI=1S/C12H12F2N2O5/c1-6(12(18)19)2-3-15-11(17)7-4-9(14)10(16(20)21)5-8(7)13/h4-6H,2-3H2,1H3,(H,15,17)(H,18,19). The number of amides is 1. The molecule has 1 atom stereocenters. The molecule has 0 aromatic heterocycles. The third-order valence-electron chi connectivity index (χ3n) is 2.76. The second kappa shape index (κ2) is 6.73. The van der Waals surface area contributed by atoms with Crippen LogP contribution in [0.25, 0.3) is 0 Å². The summed E-state index contributed by atoms with van der Waals surface area (Å²) in [6.07, 6.45) is 0.109. The molecule has 1 unspecified atom stereocenters. The van der Waals surface area contributed by atoms with E-state index in [-0.39, 0.29) is 13.0 Å². The van der Waals surface area contributed by atoms with Crippen molar-refractivity contribution >= 4 is 17.6 Å². The highest BCUT2D eigenvalue weighted by Gasteiger charge is 2.22. The van der Waals surface area contributed by atoms with Gasteiger partial charge in [0, 0.05) is 6.54 Å². The van der Waals surface area contributed by atoms with E-state index in [1.807, 2.05) is 0 Å². The quantitative estimate of drug-likeness (QED) is 0.614. The molecule has 1 amide bonds. The summed E-state index contributed by atoms with van der Waals surface area (Å²) in [7, 11) is 0. The van der Waals surface area contributed by atoms with Crippen molar-refractivity contribution in [1.29, 1.82) is 0 Å². The molecule has 0 heterocycles. The Bertz CT molecular complexity index is 591. The van der Waals surface area contributed by atoms with Crippen LogP contribution in [0.2, 0.25) is 0 Å². The highest BCUT2D eigenvalue weighted by molar-refractivity contribution is 5.94. The van der Waals surface area contributed by atoms with E-state index in [1.54, 1.807) is 0 Å². The summed E-state index contributed by atoms with van der Waals surface area (Å²) in [6, 6.07) is 0.757. The lowest BCUT2D eigenvalue weighted by Crippen LogP contribution is -2.28. The van der Waals surface area contributed by atoms with Crippen LogP contribution < -0.4 is 5.32 Å². The minimum atomic E-state index is -1.33. The van der Waals surface area contributed by atoms with E-state index >= 15 is 0 Å². The Morgan fingerprint density at radius 2 is 2.00 bits per heavy atom. The van der Waals surface area contributed by atoms with Crippen LogP contribution in [-0.4, -0.2) is 28.5 Å². The van der Waals surface area contributed by atoms with Gasteiger partial charge in [0.05, 0.1) is 22.5 Å². The van der Waals surface area contributed by atoms with Gasteiger partial charge in [-0.3, -0.25) is 19.7 Å². The Kier molecular flexibility index (Phi) is 5.28. The molecule has 21 heavy (non-hydrogen) atoms. The Hall–Kier alpha value is -2.58. The number of carbonyl (C=O) groups excluding carboxylic acids is 1. The molecule has 0 aliphatic carbocycles. The molecule has 0 saturated carbocycles. The maximum atomic E-state index is 13.5. The Balaban J connectivity index is 2.77. The summed E-state index contributed by atoms with van der Waals surface area (Å²) in [5.41, 5.74) is -1.75. The molecule has 1 aromatic rings. The van der Waals surface area contributed by atoms with E-state index < -0.39 is 45.6 Å².